The topological polar surface area (TPSA) is 104 Å². The Hall–Kier alpha value is -0.540. The second-order valence-electron chi connectivity index (χ2n) is 8.91. The van der Waals surface area contributed by atoms with Gasteiger partial charge in [0.25, 0.3) is 0 Å². The van der Waals surface area contributed by atoms with Crippen molar-refractivity contribution in [3.05, 3.63) is 0 Å². The summed E-state index contributed by atoms with van der Waals surface area (Å²) in [5.74, 6) is 0.180. The fourth-order valence-electron chi connectivity index (χ4n) is 3.81. The standard InChI is InChI=1S/C23H47NO2.CH4O4S/c1-5-6-7-8-9-10-11-12-13-14-15-16-17-18-19-20-22(26)23(21(2)25)24(3)4;1-5-6(2,3)4/h21,23,25H,5-20H2,1-4H3;1H3,(H,2,3,4). The van der Waals surface area contributed by atoms with E-state index in [0.717, 1.165) is 20.0 Å². The third-order valence-electron chi connectivity index (χ3n) is 5.58. The van der Waals surface area contributed by atoms with Crippen LogP contribution in [0.3, 0.4) is 0 Å². The Labute approximate surface area is 198 Å². The molecule has 0 aliphatic rings. The minimum atomic E-state index is -4.16. The smallest absolute Gasteiger partial charge is 0.391 e. The van der Waals surface area contributed by atoms with Gasteiger partial charge in [0.05, 0.1) is 19.3 Å². The Morgan fingerprint density at radius 2 is 1.12 bits per heavy atom. The zero-order chi connectivity index (χ0) is 24.8. The lowest BCUT2D eigenvalue weighted by Gasteiger charge is -2.25. The molecule has 0 amide bonds. The van der Waals surface area contributed by atoms with Crippen LogP contribution < -0.4 is 0 Å². The molecular weight excluding hydrogens is 430 g/mol. The zero-order valence-electron chi connectivity index (χ0n) is 21.4. The molecule has 0 saturated carbocycles. The Kier molecular flexibility index (Phi) is 23.4. The highest BCUT2D eigenvalue weighted by molar-refractivity contribution is 7.80. The van der Waals surface area contributed by atoms with Gasteiger partial charge in [0, 0.05) is 6.42 Å². The number of carbonyl (C=O) groups excluding carboxylic acids is 1. The van der Waals surface area contributed by atoms with Crippen molar-refractivity contribution in [2.45, 2.75) is 129 Å². The summed E-state index contributed by atoms with van der Waals surface area (Å²) in [4.78, 5) is 14.0. The molecule has 194 valence electrons. The number of unbranched alkanes of at least 4 members (excludes halogenated alkanes) is 14. The Morgan fingerprint density at radius 3 is 1.38 bits per heavy atom. The van der Waals surface area contributed by atoms with Gasteiger partial charge >= 0.3 is 10.4 Å². The van der Waals surface area contributed by atoms with Crippen molar-refractivity contribution in [1.29, 1.82) is 0 Å². The lowest BCUT2D eigenvalue weighted by molar-refractivity contribution is -0.126. The van der Waals surface area contributed by atoms with Crippen LogP contribution in [-0.2, 0) is 19.4 Å². The van der Waals surface area contributed by atoms with Crippen LogP contribution in [-0.4, -0.2) is 62.1 Å². The van der Waals surface area contributed by atoms with Crippen LogP contribution in [0.15, 0.2) is 0 Å². The molecule has 0 aromatic rings. The number of nitrogens with zero attached hydrogens (tertiary/aromatic N) is 1. The number of rotatable bonds is 20. The molecule has 2 unspecified atom stereocenters. The molecular formula is C24H51NO6S. The predicted octanol–water partition coefficient (Wildman–Crippen LogP) is 5.56. The SMILES string of the molecule is CCCCCCCCCCCCCCCCCC(=O)C(C(C)O)N(C)C.COS(=O)(=O)O. The number of hydrogen-bond donors (Lipinski definition) is 2. The van der Waals surface area contributed by atoms with E-state index in [9.17, 15) is 18.3 Å². The Morgan fingerprint density at radius 1 is 0.812 bits per heavy atom. The first-order valence-corrected chi connectivity index (χ1v) is 13.8. The summed E-state index contributed by atoms with van der Waals surface area (Å²) < 4.78 is 29.7. The lowest BCUT2D eigenvalue weighted by Crippen LogP contribution is -2.43. The minimum Gasteiger partial charge on any atom is -0.391 e. The molecule has 0 aliphatic heterocycles. The van der Waals surface area contributed by atoms with Gasteiger partial charge in [-0.05, 0) is 27.4 Å². The van der Waals surface area contributed by atoms with Gasteiger partial charge in [-0.1, -0.05) is 96.8 Å². The van der Waals surface area contributed by atoms with Crippen LogP contribution in [0.1, 0.15) is 117 Å². The maximum atomic E-state index is 12.2. The monoisotopic (exact) mass is 481 g/mol. The van der Waals surface area contributed by atoms with E-state index in [1.165, 1.54) is 83.5 Å². The van der Waals surface area contributed by atoms with E-state index < -0.39 is 16.5 Å². The number of aliphatic hydroxyl groups excluding tert-OH is 1. The van der Waals surface area contributed by atoms with Crippen molar-refractivity contribution < 1.29 is 27.1 Å². The van der Waals surface area contributed by atoms with E-state index in [4.69, 9.17) is 4.55 Å². The highest BCUT2D eigenvalue weighted by Crippen LogP contribution is 2.14. The maximum Gasteiger partial charge on any atom is 0.397 e. The quantitative estimate of drug-likeness (QED) is 0.173. The summed E-state index contributed by atoms with van der Waals surface area (Å²) in [6, 6.07) is -0.346. The van der Waals surface area contributed by atoms with Crippen LogP contribution in [0.4, 0.5) is 0 Å². The molecule has 32 heavy (non-hydrogen) atoms. The Balaban J connectivity index is 0. The molecule has 2 atom stereocenters. The molecule has 0 radical (unpaired) electrons. The van der Waals surface area contributed by atoms with Crippen molar-refractivity contribution in [2.24, 2.45) is 0 Å². The highest BCUT2D eigenvalue weighted by Gasteiger charge is 2.24. The van der Waals surface area contributed by atoms with Crippen molar-refractivity contribution in [1.82, 2.24) is 4.90 Å². The largest absolute Gasteiger partial charge is 0.397 e. The van der Waals surface area contributed by atoms with E-state index in [2.05, 4.69) is 11.1 Å². The van der Waals surface area contributed by atoms with Gasteiger partial charge in [-0.15, -0.1) is 0 Å². The van der Waals surface area contributed by atoms with Gasteiger partial charge in [0.15, 0.2) is 5.78 Å². The molecule has 8 heteroatoms. The van der Waals surface area contributed by atoms with Gasteiger partial charge in [-0.3, -0.25) is 18.4 Å². The number of aliphatic hydroxyl groups is 1. The summed E-state index contributed by atoms with van der Waals surface area (Å²) in [6.45, 7) is 3.98. The average Bonchev–Trinajstić information content (AvgIpc) is 2.70. The van der Waals surface area contributed by atoms with E-state index in [0.29, 0.717) is 6.42 Å². The second kappa shape index (κ2) is 22.3. The number of likely N-dealkylation sites (N-methyl/N-ethyl adjacent to an activating group) is 1. The van der Waals surface area contributed by atoms with Gasteiger partial charge < -0.3 is 5.11 Å². The molecule has 0 spiro atoms. The average molecular weight is 482 g/mol. The second-order valence-corrected chi connectivity index (χ2v) is 10.1. The third kappa shape index (κ3) is 24.1. The molecule has 0 bridgehead atoms. The van der Waals surface area contributed by atoms with Gasteiger partial charge in [0.2, 0.25) is 0 Å². The summed E-state index contributed by atoms with van der Waals surface area (Å²) in [5.41, 5.74) is 0. The molecule has 0 saturated heterocycles. The number of carbonyl (C=O) groups is 1. The summed E-state index contributed by atoms with van der Waals surface area (Å²) in [5, 5.41) is 9.72. The highest BCUT2D eigenvalue weighted by atomic mass is 32.3. The molecule has 0 aliphatic carbocycles. The van der Waals surface area contributed by atoms with Crippen LogP contribution >= 0.6 is 0 Å². The van der Waals surface area contributed by atoms with Crippen molar-refractivity contribution in [3.8, 4) is 0 Å². The molecule has 0 aromatic carbocycles. The zero-order valence-corrected chi connectivity index (χ0v) is 22.2. The maximum absolute atomic E-state index is 12.2. The lowest BCUT2D eigenvalue weighted by atomic mass is 10.00. The van der Waals surface area contributed by atoms with E-state index in [-0.39, 0.29) is 11.8 Å². The fourth-order valence-corrected chi connectivity index (χ4v) is 3.81. The Bertz CT molecular complexity index is 515. The first-order valence-electron chi connectivity index (χ1n) is 12.5. The van der Waals surface area contributed by atoms with Gasteiger partial charge in [-0.25, -0.2) is 0 Å². The molecule has 2 N–H and O–H groups in total. The molecule has 0 heterocycles. The van der Waals surface area contributed by atoms with E-state index in [1.54, 1.807) is 6.92 Å². The van der Waals surface area contributed by atoms with Crippen LogP contribution in [0.5, 0.6) is 0 Å². The number of hydrogen-bond acceptors (Lipinski definition) is 6. The normalized spacial score (nSPS) is 13.5. The predicted molar refractivity (Wildman–Crippen MR) is 132 cm³/mol. The molecule has 0 rings (SSSR count). The molecule has 7 nitrogen and oxygen atoms in total. The summed E-state index contributed by atoms with van der Waals surface area (Å²) in [7, 11) is 0.434. The molecule has 0 aromatic heterocycles. The summed E-state index contributed by atoms with van der Waals surface area (Å²) >= 11 is 0. The van der Waals surface area contributed by atoms with E-state index >= 15 is 0 Å². The first-order chi connectivity index (χ1) is 15.1. The van der Waals surface area contributed by atoms with Crippen LogP contribution in [0.2, 0.25) is 0 Å². The van der Waals surface area contributed by atoms with Crippen molar-refractivity contribution in [3.63, 3.8) is 0 Å². The van der Waals surface area contributed by atoms with Gasteiger partial charge in [-0.2, -0.15) is 8.42 Å². The molecule has 0 fully saturated rings. The summed E-state index contributed by atoms with van der Waals surface area (Å²) in [6.07, 6.45) is 20.1. The van der Waals surface area contributed by atoms with Crippen molar-refractivity contribution in [2.75, 3.05) is 21.2 Å². The number of Topliss-reactive ketones (excluding diaryl/α,β-unsaturated/α-hetero) is 1. The van der Waals surface area contributed by atoms with Crippen molar-refractivity contribution >= 4 is 16.2 Å². The fraction of sp³-hybridized carbons (Fsp3) is 0.958. The van der Waals surface area contributed by atoms with Crippen LogP contribution in [0, 0.1) is 0 Å². The van der Waals surface area contributed by atoms with E-state index in [1.807, 2.05) is 19.0 Å². The van der Waals surface area contributed by atoms with Gasteiger partial charge in [0.1, 0.15) is 0 Å². The first kappa shape index (κ1) is 33.6. The minimum absolute atomic E-state index is 0.180. The van der Waals surface area contributed by atoms with Crippen LogP contribution in [0.25, 0.3) is 0 Å². The number of ketones is 1. The third-order valence-corrected chi connectivity index (χ3v) is 6.00.